The molecule has 1 aromatic heterocycles. The highest BCUT2D eigenvalue weighted by atomic mass is 19.3. The standard InChI is InChI=1S/C23H16F2N4O6/c24-23(25)35-12-3-1-10-7-16(27-15(10)9-12)19(31)26-11-2-4-13-14(8-11)22(34)29(21(13)33)17-5-6-18(30)28-20(17)32/h1-4,7-9,17,23,27H,5-6H2,(H,26,31)(H,28,30,32). The van der Waals surface area contributed by atoms with Crippen LogP contribution < -0.4 is 15.4 Å². The highest BCUT2D eigenvalue weighted by molar-refractivity contribution is 6.24. The first-order valence-electron chi connectivity index (χ1n) is 10.5. The molecule has 5 rings (SSSR count). The van der Waals surface area contributed by atoms with Crippen molar-refractivity contribution in [3.63, 3.8) is 0 Å². The van der Waals surface area contributed by atoms with Crippen molar-refractivity contribution in [1.29, 1.82) is 0 Å². The van der Waals surface area contributed by atoms with Crippen LogP contribution in [0, 0.1) is 0 Å². The highest BCUT2D eigenvalue weighted by Crippen LogP contribution is 2.30. The minimum absolute atomic E-state index is 0.00533. The van der Waals surface area contributed by atoms with Crippen LogP contribution in [0.2, 0.25) is 0 Å². The summed E-state index contributed by atoms with van der Waals surface area (Å²) in [4.78, 5) is 65.6. The Labute approximate surface area is 195 Å². The number of nitrogens with zero attached hydrogens (tertiary/aromatic N) is 1. The van der Waals surface area contributed by atoms with Gasteiger partial charge >= 0.3 is 6.61 Å². The lowest BCUT2D eigenvalue weighted by Crippen LogP contribution is -2.54. The number of carbonyl (C=O) groups is 5. The van der Waals surface area contributed by atoms with E-state index >= 15 is 0 Å². The van der Waals surface area contributed by atoms with Crippen LogP contribution in [0.25, 0.3) is 10.9 Å². The number of aromatic nitrogens is 1. The SMILES string of the molecule is O=C1CCC(N2C(=O)c3ccc(NC(=O)c4cc5ccc(OC(F)F)cc5[nH]4)cc3C2=O)C(=O)N1. The molecule has 3 N–H and O–H groups in total. The van der Waals surface area contributed by atoms with Gasteiger partial charge in [0, 0.05) is 29.1 Å². The molecule has 12 heteroatoms. The minimum atomic E-state index is -2.98. The van der Waals surface area contributed by atoms with Crippen LogP contribution in [0.15, 0.2) is 42.5 Å². The van der Waals surface area contributed by atoms with Crippen molar-refractivity contribution in [1.82, 2.24) is 15.2 Å². The molecule has 2 aliphatic heterocycles. The van der Waals surface area contributed by atoms with Gasteiger partial charge in [-0.3, -0.25) is 34.2 Å². The summed E-state index contributed by atoms with van der Waals surface area (Å²) >= 11 is 0. The first-order valence-corrected chi connectivity index (χ1v) is 10.5. The molecule has 3 heterocycles. The summed E-state index contributed by atoms with van der Waals surface area (Å²) in [6, 6.07) is 8.76. The molecule has 10 nitrogen and oxygen atoms in total. The molecular weight excluding hydrogens is 466 g/mol. The zero-order chi connectivity index (χ0) is 24.9. The van der Waals surface area contributed by atoms with E-state index in [0.717, 1.165) is 4.90 Å². The van der Waals surface area contributed by atoms with Gasteiger partial charge in [-0.05, 0) is 42.8 Å². The van der Waals surface area contributed by atoms with Crippen LogP contribution in [0.4, 0.5) is 14.5 Å². The summed E-state index contributed by atoms with van der Waals surface area (Å²) < 4.78 is 29.2. The molecule has 1 fully saturated rings. The van der Waals surface area contributed by atoms with E-state index in [9.17, 15) is 32.8 Å². The summed E-state index contributed by atoms with van der Waals surface area (Å²) in [7, 11) is 0. The molecule has 0 saturated carbocycles. The number of nitrogens with one attached hydrogen (secondary N) is 3. The minimum Gasteiger partial charge on any atom is -0.435 e. The predicted octanol–water partition coefficient (Wildman–Crippen LogP) is 2.42. The number of aromatic amines is 1. The van der Waals surface area contributed by atoms with E-state index < -0.39 is 42.2 Å². The summed E-state index contributed by atoms with van der Waals surface area (Å²) in [6.45, 7) is -2.98. The van der Waals surface area contributed by atoms with E-state index in [4.69, 9.17) is 0 Å². The van der Waals surface area contributed by atoms with Crippen molar-refractivity contribution in [3.8, 4) is 5.75 Å². The smallest absolute Gasteiger partial charge is 0.387 e. The number of fused-ring (bicyclic) bond motifs is 2. The fraction of sp³-hybridized carbons (Fsp3) is 0.174. The lowest BCUT2D eigenvalue weighted by Gasteiger charge is -2.27. The summed E-state index contributed by atoms with van der Waals surface area (Å²) in [5.74, 6) is -3.18. The van der Waals surface area contributed by atoms with Crippen LogP contribution in [0.1, 0.15) is 44.0 Å². The lowest BCUT2D eigenvalue weighted by molar-refractivity contribution is -0.136. The Hall–Kier alpha value is -4.61. The third kappa shape index (κ3) is 3.98. The van der Waals surface area contributed by atoms with Crippen molar-refractivity contribution in [3.05, 3.63) is 59.3 Å². The number of anilines is 1. The number of H-pyrrole nitrogens is 1. The Bertz CT molecular complexity index is 1430. The van der Waals surface area contributed by atoms with E-state index in [1.165, 1.54) is 42.5 Å². The third-order valence-corrected chi connectivity index (χ3v) is 5.76. The Balaban J connectivity index is 1.35. The van der Waals surface area contributed by atoms with Crippen molar-refractivity contribution in [2.75, 3.05) is 5.32 Å². The lowest BCUT2D eigenvalue weighted by atomic mass is 10.0. The molecule has 1 unspecified atom stereocenters. The number of carbonyl (C=O) groups excluding carboxylic acids is 5. The number of piperidine rings is 1. The molecule has 5 amide bonds. The zero-order valence-corrected chi connectivity index (χ0v) is 17.8. The number of alkyl halides is 2. The second kappa shape index (κ2) is 8.31. The molecule has 0 bridgehead atoms. The molecular formula is C23H16F2N4O6. The largest absolute Gasteiger partial charge is 0.435 e. The average Bonchev–Trinajstić information content (AvgIpc) is 3.33. The second-order valence-electron chi connectivity index (χ2n) is 7.97. The molecule has 35 heavy (non-hydrogen) atoms. The van der Waals surface area contributed by atoms with Crippen molar-refractivity contribution >= 4 is 46.1 Å². The van der Waals surface area contributed by atoms with Crippen molar-refractivity contribution in [2.45, 2.75) is 25.5 Å². The van der Waals surface area contributed by atoms with Crippen LogP contribution in [0.3, 0.4) is 0 Å². The van der Waals surface area contributed by atoms with E-state index in [0.29, 0.717) is 10.9 Å². The van der Waals surface area contributed by atoms with Gasteiger partial charge in [-0.2, -0.15) is 8.78 Å². The number of hydrogen-bond donors (Lipinski definition) is 3. The topological polar surface area (TPSA) is 138 Å². The molecule has 178 valence electrons. The highest BCUT2D eigenvalue weighted by Gasteiger charge is 2.44. The molecule has 0 radical (unpaired) electrons. The Morgan fingerprint density at radius 2 is 1.80 bits per heavy atom. The van der Waals surface area contributed by atoms with E-state index in [1.54, 1.807) is 0 Å². The van der Waals surface area contributed by atoms with Crippen molar-refractivity contribution < 1.29 is 37.5 Å². The van der Waals surface area contributed by atoms with Gasteiger partial charge in [0.2, 0.25) is 11.8 Å². The fourth-order valence-corrected chi connectivity index (χ4v) is 4.15. The van der Waals surface area contributed by atoms with Crippen LogP contribution >= 0.6 is 0 Å². The van der Waals surface area contributed by atoms with Gasteiger partial charge in [-0.15, -0.1) is 0 Å². The number of imide groups is 2. The van der Waals surface area contributed by atoms with Gasteiger partial charge in [0.25, 0.3) is 17.7 Å². The number of benzene rings is 2. The molecule has 1 saturated heterocycles. The Morgan fingerprint density at radius 3 is 2.54 bits per heavy atom. The second-order valence-corrected chi connectivity index (χ2v) is 7.97. The molecule has 3 aromatic rings. The summed E-state index contributed by atoms with van der Waals surface area (Å²) in [6.07, 6.45) is 0.0373. The first kappa shape index (κ1) is 22.2. The Kier molecular flexibility index (Phi) is 5.27. The molecule has 1 atom stereocenters. The van der Waals surface area contributed by atoms with Gasteiger partial charge in [0.1, 0.15) is 17.5 Å². The number of amides is 5. The van der Waals surface area contributed by atoms with Gasteiger partial charge in [0.15, 0.2) is 0 Å². The fourth-order valence-electron chi connectivity index (χ4n) is 4.15. The maximum atomic E-state index is 12.9. The van der Waals surface area contributed by atoms with Crippen LogP contribution in [-0.2, 0) is 9.59 Å². The zero-order valence-electron chi connectivity index (χ0n) is 17.8. The quantitative estimate of drug-likeness (QED) is 0.478. The first-order chi connectivity index (χ1) is 16.7. The summed E-state index contributed by atoms with van der Waals surface area (Å²) in [5, 5.41) is 5.33. The summed E-state index contributed by atoms with van der Waals surface area (Å²) in [5.41, 5.74) is 0.850. The maximum absolute atomic E-state index is 12.9. The average molecular weight is 482 g/mol. The van der Waals surface area contributed by atoms with Gasteiger partial charge in [-0.25, -0.2) is 0 Å². The molecule has 2 aliphatic rings. The Morgan fingerprint density at radius 1 is 1.03 bits per heavy atom. The van der Waals surface area contributed by atoms with E-state index in [-0.39, 0.29) is 41.1 Å². The molecule has 2 aromatic carbocycles. The maximum Gasteiger partial charge on any atom is 0.387 e. The van der Waals surface area contributed by atoms with Crippen molar-refractivity contribution in [2.24, 2.45) is 0 Å². The number of ether oxygens (including phenoxy) is 1. The molecule has 0 spiro atoms. The third-order valence-electron chi connectivity index (χ3n) is 5.76. The van der Waals surface area contributed by atoms with E-state index in [1.807, 2.05) is 0 Å². The number of rotatable bonds is 5. The van der Waals surface area contributed by atoms with E-state index in [2.05, 4.69) is 20.4 Å². The number of halogens is 2. The van der Waals surface area contributed by atoms with Crippen LogP contribution in [0.5, 0.6) is 5.75 Å². The monoisotopic (exact) mass is 482 g/mol. The van der Waals surface area contributed by atoms with Crippen LogP contribution in [-0.4, -0.2) is 52.1 Å². The van der Waals surface area contributed by atoms with Gasteiger partial charge < -0.3 is 15.0 Å². The predicted molar refractivity (Wildman–Crippen MR) is 116 cm³/mol. The normalized spacial score (nSPS) is 17.7. The molecule has 0 aliphatic carbocycles. The van der Waals surface area contributed by atoms with Gasteiger partial charge in [-0.1, -0.05) is 0 Å². The number of hydrogen-bond acceptors (Lipinski definition) is 6. The van der Waals surface area contributed by atoms with Gasteiger partial charge in [0.05, 0.1) is 11.1 Å².